The van der Waals surface area contributed by atoms with E-state index in [4.69, 9.17) is 11.6 Å². The monoisotopic (exact) mass is 184 g/mol. The van der Waals surface area contributed by atoms with Crippen LogP contribution in [0, 0.1) is 0 Å². The predicted molar refractivity (Wildman–Crippen MR) is 47.7 cm³/mol. The Morgan fingerprint density at radius 2 is 2.25 bits per heavy atom. The lowest BCUT2D eigenvalue weighted by Gasteiger charge is -2.02. The van der Waals surface area contributed by atoms with Crippen LogP contribution in [0.1, 0.15) is 23.7 Å². The average Bonchev–Trinajstić information content (AvgIpc) is 2.08. The first-order chi connectivity index (χ1) is 5.66. The molecule has 0 atom stereocenters. The van der Waals surface area contributed by atoms with Gasteiger partial charge in [0.2, 0.25) is 0 Å². The summed E-state index contributed by atoms with van der Waals surface area (Å²) in [4.78, 5) is 11.2. The van der Waals surface area contributed by atoms with Gasteiger partial charge in [0.1, 0.15) is 5.75 Å². The Hall–Kier alpha value is -1.02. The fraction of sp³-hybridized carbons (Fsp3) is 0.222. The molecule has 0 spiro atoms. The molecule has 64 valence electrons. The lowest BCUT2D eigenvalue weighted by molar-refractivity contribution is 0.0985. The second-order valence-electron chi connectivity index (χ2n) is 2.41. The number of hydrogen-bond donors (Lipinski definition) is 1. The number of halogens is 1. The summed E-state index contributed by atoms with van der Waals surface area (Å²) in [5, 5.41) is 9.56. The van der Waals surface area contributed by atoms with E-state index in [0.717, 1.165) is 0 Å². The van der Waals surface area contributed by atoms with Crippen LogP contribution in [0.15, 0.2) is 18.2 Å². The van der Waals surface area contributed by atoms with E-state index in [1.54, 1.807) is 25.1 Å². The van der Waals surface area contributed by atoms with Gasteiger partial charge in [0, 0.05) is 6.42 Å². The van der Waals surface area contributed by atoms with Crippen molar-refractivity contribution in [1.29, 1.82) is 0 Å². The molecule has 12 heavy (non-hydrogen) atoms. The van der Waals surface area contributed by atoms with Gasteiger partial charge in [0.25, 0.3) is 0 Å². The van der Waals surface area contributed by atoms with Crippen molar-refractivity contribution in [2.45, 2.75) is 13.3 Å². The number of benzene rings is 1. The van der Waals surface area contributed by atoms with Crippen LogP contribution >= 0.6 is 11.6 Å². The molecule has 1 N–H and O–H groups in total. The van der Waals surface area contributed by atoms with E-state index in [0.29, 0.717) is 12.0 Å². The predicted octanol–water partition coefficient (Wildman–Crippen LogP) is 2.64. The minimum Gasteiger partial charge on any atom is -0.506 e. The second-order valence-corrected chi connectivity index (χ2v) is 2.82. The van der Waals surface area contributed by atoms with Gasteiger partial charge in [0.15, 0.2) is 5.78 Å². The van der Waals surface area contributed by atoms with Crippen molar-refractivity contribution in [3.05, 3.63) is 28.8 Å². The Balaban J connectivity index is 3.16. The molecule has 0 saturated carbocycles. The highest BCUT2D eigenvalue weighted by molar-refractivity contribution is 6.32. The summed E-state index contributed by atoms with van der Waals surface area (Å²) < 4.78 is 0. The molecule has 0 radical (unpaired) electrons. The highest BCUT2D eigenvalue weighted by atomic mass is 35.5. The van der Waals surface area contributed by atoms with E-state index in [1.807, 2.05) is 0 Å². The molecule has 0 unspecified atom stereocenters. The smallest absolute Gasteiger partial charge is 0.166 e. The van der Waals surface area contributed by atoms with Crippen molar-refractivity contribution >= 4 is 17.4 Å². The van der Waals surface area contributed by atoms with Gasteiger partial charge in [-0.3, -0.25) is 4.79 Å². The maximum absolute atomic E-state index is 11.2. The molecule has 0 aromatic heterocycles. The molecule has 0 heterocycles. The quantitative estimate of drug-likeness (QED) is 0.718. The molecule has 0 aliphatic rings. The van der Waals surface area contributed by atoms with Crippen LogP contribution in [-0.4, -0.2) is 10.9 Å². The SMILES string of the molecule is CCC(=O)c1cccc(Cl)c1O. The number of carbonyl (C=O) groups is 1. The fourth-order valence-corrected chi connectivity index (χ4v) is 1.11. The van der Waals surface area contributed by atoms with Crippen LogP contribution in [0.2, 0.25) is 5.02 Å². The Bertz CT molecular complexity index is 307. The van der Waals surface area contributed by atoms with Crippen LogP contribution in [0.5, 0.6) is 5.75 Å². The molecule has 1 rings (SSSR count). The third kappa shape index (κ3) is 1.59. The Morgan fingerprint density at radius 1 is 1.58 bits per heavy atom. The number of aromatic hydroxyl groups is 1. The van der Waals surface area contributed by atoms with Crippen molar-refractivity contribution < 1.29 is 9.90 Å². The molecular weight excluding hydrogens is 176 g/mol. The molecule has 0 fully saturated rings. The van der Waals surface area contributed by atoms with Gasteiger partial charge in [-0.15, -0.1) is 0 Å². The number of para-hydroxylation sites is 1. The summed E-state index contributed by atoms with van der Waals surface area (Å²) in [5.74, 6) is -0.221. The summed E-state index contributed by atoms with van der Waals surface area (Å²) in [7, 11) is 0. The van der Waals surface area contributed by atoms with E-state index in [1.165, 1.54) is 0 Å². The Kier molecular flexibility index (Phi) is 2.71. The standard InChI is InChI=1S/C9H9ClO2/c1-2-8(11)6-4-3-5-7(10)9(6)12/h3-5,12H,2H2,1H3. The van der Waals surface area contributed by atoms with Crippen molar-refractivity contribution in [3.8, 4) is 5.75 Å². The van der Waals surface area contributed by atoms with Crippen LogP contribution in [0.25, 0.3) is 0 Å². The number of hydrogen-bond acceptors (Lipinski definition) is 2. The molecule has 1 aromatic carbocycles. The normalized spacial score (nSPS) is 9.83. The highest BCUT2D eigenvalue weighted by Gasteiger charge is 2.10. The summed E-state index contributed by atoms with van der Waals surface area (Å²) >= 11 is 5.61. The lowest BCUT2D eigenvalue weighted by atomic mass is 10.1. The molecule has 3 heteroatoms. The summed E-state index contributed by atoms with van der Waals surface area (Å²) in [5.41, 5.74) is 0.296. The fourth-order valence-electron chi connectivity index (χ4n) is 0.931. The lowest BCUT2D eigenvalue weighted by Crippen LogP contribution is -1.96. The maximum Gasteiger partial charge on any atom is 0.166 e. The number of carbonyl (C=O) groups excluding carboxylic acids is 1. The van der Waals surface area contributed by atoms with E-state index >= 15 is 0 Å². The molecule has 1 aromatic rings. The molecule has 2 nitrogen and oxygen atoms in total. The van der Waals surface area contributed by atoms with Gasteiger partial charge < -0.3 is 5.11 Å². The van der Waals surface area contributed by atoms with Crippen molar-refractivity contribution in [1.82, 2.24) is 0 Å². The zero-order chi connectivity index (χ0) is 9.14. The van der Waals surface area contributed by atoms with Crippen LogP contribution in [-0.2, 0) is 0 Å². The number of phenols is 1. The second kappa shape index (κ2) is 3.59. The van der Waals surface area contributed by atoms with Gasteiger partial charge in [-0.1, -0.05) is 24.6 Å². The van der Waals surface area contributed by atoms with Gasteiger partial charge in [-0.2, -0.15) is 0 Å². The first-order valence-corrected chi connectivity index (χ1v) is 4.05. The van der Waals surface area contributed by atoms with Crippen molar-refractivity contribution in [3.63, 3.8) is 0 Å². The Labute approximate surface area is 75.8 Å². The zero-order valence-electron chi connectivity index (χ0n) is 6.67. The highest BCUT2D eigenvalue weighted by Crippen LogP contribution is 2.27. The molecule has 0 amide bonds. The van der Waals surface area contributed by atoms with Gasteiger partial charge in [0.05, 0.1) is 10.6 Å². The maximum atomic E-state index is 11.2. The van der Waals surface area contributed by atoms with E-state index in [9.17, 15) is 9.90 Å². The summed E-state index contributed by atoms with van der Waals surface area (Å²) in [6.07, 6.45) is 0.369. The third-order valence-electron chi connectivity index (χ3n) is 1.61. The minimum atomic E-state index is -0.119. The third-order valence-corrected chi connectivity index (χ3v) is 1.91. The van der Waals surface area contributed by atoms with E-state index in [2.05, 4.69) is 0 Å². The van der Waals surface area contributed by atoms with Crippen LogP contribution in [0.4, 0.5) is 0 Å². The van der Waals surface area contributed by atoms with Gasteiger partial charge in [-0.05, 0) is 12.1 Å². The molecular formula is C9H9ClO2. The number of Topliss-reactive ketones (excluding diaryl/α,β-unsaturated/α-hetero) is 1. The largest absolute Gasteiger partial charge is 0.506 e. The van der Waals surface area contributed by atoms with Crippen LogP contribution < -0.4 is 0 Å². The van der Waals surface area contributed by atoms with Gasteiger partial charge >= 0.3 is 0 Å². The average molecular weight is 185 g/mol. The van der Waals surface area contributed by atoms with Crippen LogP contribution in [0.3, 0.4) is 0 Å². The van der Waals surface area contributed by atoms with Crippen molar-refractivity contribution in [2.24, 2.45) is 0 Å². The minimum absolute atomic E-state index is 0.102. The van der Waals surface area contributed by atoms with Crippen molar-refractivity contribution in [2.75, 3.05) is 0 Å². The summed E-state index contributed by atoms with van der Waals surface area (Å²) in [6, 6.07) is 4.75. The number of rotatable bonds is 2. The zero-order valence-corrected chi connectivity index (χ0v) is 7.43. The van der Waals surface area contributed by atoms with Gasteiger partial charge in [-0.25, -0.2) is 0 Å². The molecule has 0 bridgehead atoms. The molecule has 0 aliphatic carbocycles. The van der Waals surface area contributed by atoms with E-state index < -0.39 is 0 Å². The number of phenolic OH excluding ortho intramolecular Hbond substituents is 1. The Morgan fingerprint density at radius 3 is 2.83 bits per heavy atom. The van der Waals surface area contributed by atoms with E-state index in [-0.39, 0.29) is 16.6 Å². The number of ketones is 1. The summed E-state index contributed by atoms with van der Waals surface area (Å²) in [6.45, 7) is 1.74. The molecule has 0 saturated heterocycles. The first kappa shape index (κ1) is 9.07. The first-order valence-electron chi connectivity index (χ1n) is 3.67. The topological polar surface area (TPSA) is 37.3 Å². The molecule has 0 aliphatic heterocycles.